The first-order chi connectivity index (χ1) is 29.7. The number of nitro groups is 1. The molecule has 326 valence electrons. The van der Waals surface area contributed by atoms with Crippen molar-refractivity contribution in [2.75, 3.05) is 68.5 Å². The molecule has 2 aromatic heterocycles. The molecule has 2 saturated heterocycles. The van der Waals surface area contributed by atoms with E-state index in [2.05, 4.69) is 38.9 Å². The molecule has 1 aliphatic carbocycles. The highest BCUT2D eigenvalue weighted by molar-refractivity contribution is 7.92. The summed E-state index contributed by atoms with van der Waals surface area (Å²) < 4.78 is 39.3. The van der Waals surface area contributed by atoms with Crippen LogP contribution in [0.15, 0.2) is 95.7 Å². The van der Waals surface area contributed by atoms with E-state index >= 15 is 0 Å². The van der Waals surface area contributed by atoms with E-state index in [4.69, 9.17) is 21.1 Å². The van der Waals surface area contributed by atoms with E-state index in [1.54, 1.807) is 30.5 Å². The van der Waals surface area contributed by atoms with Gasteiger partial charge in [0.15, 0.2) is 15.6 Å². The van der Waals surface area contributed by atoms with Gasteiger partial charge in [0.05, 0.1) is 27.7 Å². The number of hydrogen-bond acceptors (Lipinski definition) is 12. The lowest BCUT2D eigenvalue weighted by atomic mass is 9.70. The fourth-order valence-electron chi connectivity index (χ4n) is 8.59. The molecule has 0 radical (unpaired) electrons. The maximum Gasteiger partial charge on any atom is 0.293 e. The first-order valence-electron chi connectivity index (χ1n) is 21.0. The van der Waals surface area contributed by atoms with Crippen LogP contribution < -0.4 is 15.0 Å². The Balaban J connectivity index is 1.01. The van der Waals surface area contributed by atoms with E-state index in [0.717, 1.165) is 73.6 Å². The first-order valence-corrected chi connectivity index (χ1v) is 23.0. The molecule has 2 aliphatic heterocycles. The Morgan fingerprint density at radius 1 is 1.05 bits per heavy atom. The third kappa shape index (κ3) is 9.67. The van der Waals surface area contributed by atoms with E-state index in [0.29, 0.717) is 49.3 Å². The number of aliphatic hydroxyl groups excluding tert-OH is 1. The Hall–Kier alpha value is -5.32. The highest BCUT2D eigenvalue weighted by Gasteiger charge is 2.37. The van der Waals surface area contributed by atoms with Crippen LogP contribution in [-0.2, 0) is 14.6 Å². The number of Topliss-reactive ketones (excluding diaryl/α,β-unsaturated/α-hetero) is 1. The number of carbonyl (C=O) groups is 1. The van der Waals surface area contributed by atoms with E-state index in [1.807, 2.05) is 30.3 Å². The number of fused-ring (bicyclic) bond motifs is 1. The molecule has 8 rings (SSSR count). The molecule has 1 unspecified atom stereocenters. The molecule has 2 fully saturated rings. The Kier molecular flexibility index (Phi) is 12.7. The Morgan fingerprint density at radius 2 is 1.81 bits per heavy atom. The number of halogens is 1. The second-order valence-electron chi connectivity index (χ2n) is 17.1. The topological polar surface area (TPSA) is 180 Å². The number of sulfone groups is 1. The summed E-state index contributed by atoms with van der Waals surface area (Å²) in [5, 5.41) is 28.2. The Labute approximate surface area is 366 Å². The standard InChI is InChI=1S/C46H51ClN6O8S/c1-46(2)15-11-33(43(44(46)55)31-3-5-34(47)6-4-31)28-51-17-19-52(20-18-51)35-7-9-38(42(24-35)61-36-23-32-12-16-48-45(32)50-27-36)41(54)29-62(58,59)37-8-10-39(40(25-37)53(56)57)49-26-30-13-21-60-22-14-30/h3-10,12,16,23-25,27,30,44,49,55H,11,13-15,17-22,26,28-29H2,1-2H3,(H,48,50). The van der Waals surface area contributed by atoms with Crippen LogP contribution in [-0.4, -0.2) is 103 Å². The van der Waals surface area contributed by atoms with Gasteiger partial charge in [0.2, 0.25) is 0 Å². The van der Waals surface area contributed by atoms with Crippen LogP contribution in [0, 0.1) is 21.4 Å². The van der Waals surface area contributed by atoms with Gasteiger partial charge >= 0.3 is 0 Å². The highest BCUT2D eigenvalue weighted by Crippen LogP contribution is 2.44. The molecule has 0 bridgehead atoms. The first kappa shape index (κ1) is 43.3. The fourth-order valence-corrected chi connectivity index (χ4v) is 9.95. The molecule has 62 heavy (non-hydrogen) atoms. The maximum absolute atomic E-state index is 14.0. The largest absolute Gasteiger partial charge is 0.455 e. The number of ketones is 1. The average Bonchev–Trinajstić information content (AvgIpc) is 3.73. The SMILES string of the molecule is CC1(C)CCC(CN2CCN(c3ccc(C(=O)CS(=O)(=O)c4ccc(NCC5CCOCC5)c([N+](=O)[O-])c4)c(Oc4cnc5[nH]ccc5c4)c3)CC2)=C(c2ccc(Cl)cc2)C1O. The van der Waals surface area contributed by atoms with Crippen LogP contribution in [0.25, 0.3) is 16.6 Å². The number of H-pyrrole nitrogens is 1. The van der Waals surface area contributed by atoms with Crippen molar-refractivity contribution >= 4 is 60.9 Å². The quantitative estimate of drug-likeness (QED) is 0.0554. The molecular weight excluding hydrogens is 832 g/mol. The van der Waals surface area contributed by atoms with Crippen LogP contribution >= 0.6 is 11.6 Å². The zero-order chi connectivity index (χ0) is 43.6. The van der Waals surface area contributed by atoms with Gasteiger partial charge in [-0.1, -0.05) is 37.6 Å². The second-order valence-corrected chi connectivity index (χ2v) is 19.5. The number of aromatic amines is 1. The number of anilines is 2. The molecule has 16 heteroatoms. The summed E-state index contributed by atoms with van der Waals surface area (Å²) in [6.45, 7) is 9.52. The van der Waals surface area contributed by atoms with Gasteiger partial charge in [-0.05, 0) is 102 Å². The van der Waals surface area contributed by atoms with E-state index in [-0.39, 0.29) is 38.9 Å². The third-order valence-corrected chi connectivity index (χ3v) is 14.3. The molecule has 0 saturated carbocycles. The van der Waals surface area contributed by atoms with Gasteiger partial charge in [0, 0.05) is 86.9 Å². The summed E-state index contributed by atoms with van der Waals surface area (Å²) >= 11 is 6.22. The number of rotatable bonds is 14. The van der Waals surface area contributed by atoms with Crippen molar-refractivity contribution in [3.05, 3.63) is 117 Å². The summed E-state index contributed by atoms with van der Waals surface area (Å²) in [7, 11) is -4.32. The molecule has 0 amide bonds. The predicted molar refractivity (Wildman–Crippen MR) is 240 cm³/mol. The van der Waals surface area contributed by atoms with Crippen molar-refractivity contribution in [3.63, 3.8) is 0 Å². The number of pyridine rings is 1. The number of ether oxygens (including phenoxy) is 2. The predicted octanol–water partition coefficient (Wildman–Crippen LogP) is 8.17. The summed E-state index contributed by atoms with van der Waals surface area (Å²) in [6, 6.07) is 20.1. The zero-order valence-electron chi connectivity index (χ0n) is 34.8. The second kappa shape index (κ2) is 18.2. The minimum absolute atomic E-state index is 0.0508. The van der Waals surface area contributed by atoms with Gasteiger partial charge in [-0.15, -0.1) is 0 Å². The Bertz CT molecular complexity index is 2600. The highest BCUT2D eigenvalue weighted by atomic mass is 35.5. The lowest BCUT2D eigenvalue weighted by molar-refractivity contribution is -0.384. The zero-order valence-corrected chi connectivity index (χ0v) is 36.4. The summed E-state index contributed by atoms with van der Waals surface area (Å²) in [5.74, 6) is -0.850. The average molecular weight is 883 g/mol. The lowest BCUT2D eigenvalue weighted by Crippen LogP contribution is -2.47. The minimum Gasteiger partial charge on any atom is -0.455 e. The van der Waals surface area contributed by atoms with E-state index in [1.165, 1.54) is 23.9 Å². The monoisotopic (exact) mass is 882 g/mol. The third-order valence-electron chi connectivity index (χ3n) is 12.4. The molecule has 4 heterocycles. The number of aliphatic hydroxyl groups is 1. The summed E-state index contributed by atoms with van der Waals surface area (Å²) in [5.41, 5.74) is 4.26. The smallest absolute Gasteiger partial charge is 0.293 e. The lowest BCUT2D eigenvalue weighted by Gasteiger charge is -2.41. The Morgan fingerprint density at radius 3 is 2.55 bits per heavy atom. The molecule has 14 nitrogen and oxygen atoms in total. The van der Waals surface area contributed by atoms with Gasteiger partial charge < -0.3 is 29.8 Å². The number of hydrogen-bond donors (Lipinski definition) is 3. The number of nitrogens with zero attached hydrogens (tertiary/aromatic N) is 4. The van der Waals surface area contributed by atoms with Crippen LogP contribution in [0.5, 0.6) is 11.5 Å². The van der Waals surface area contributed by atoms with Crippen LogP contribution in [0.3, 0.4) is 0 Å². The number of carbonyl (C=O) groups excluding carboxylic acids is 1. The van der Waals surface area contributed by atoms with Gasteiger partial charge in [-0.2, -0.15) is 0 Å². The van der Waals surface area contributed by atoms with E-state index < -0.39 is 32.4 Å². The van der Waals surface area contributed by atoms with Gasteiger partial charge in [-0.25, -0.2) is 13.4 Å². The number of nitro benzene ring substituents is 1. The van der Waals surface area contributed by atoms with Crippen molar-refractivity contribution in [3.8, 4) is 11.5 Å². The van der Waals surface area contributed by atoms with Crippen molar-refractivity contribution in [2.24, 2.45) is 11.3 Å². The molecule has 5 aromatic rings. The number of nitrogens with one attached hydrogen (secondary N) is 2. The maximum atomic E-state index is 14.0. The van der Waals surface area contributed by atoms with Crippen molar-refractivity contribution in [1.29, 1.82) is 0 Å². The summed E-state index contributed by atoms with van der Waals surface area (Å²) in [4.78, 5) is 37.2. The van der Waals surface area contributed by atoms with Gasteiger partial charge in [0.1, 0.15) is 28.6 Å². The van der Waals surface area contributed by atoms with Crippen molar-refractivity contribution < 1.29 is 32.7 Å². The molecule has 0 spiro atoms. The molecule has 3 N–H and O–H groups in total. The minimum atomic E-state index is -4.32. The molecule has 1 atom stereocenters. The van der Waals surface area contributed by atoms with Gasteiger partial charge in [0.25, 0.3) is 5.69 Å². The molecule has 3 aliphatic rings. The number of piperazine rings is 1. The van der Waals surface area contributed by atoms with Crippen molar-refractivity contribution in [2.45, 2.75) is 50.5 Å². The van der Waals surface area contributed by atoms with Crippen LogP contribution in [0.1, 0.15) is 55.5 Å². The summed E-state index contributed by atoms with van der Waals surface area (Å²) in [6.07, 6.45) is 6.09. The molecular formula is C46H51ClN6O8S. The van der Waals surface area contributed by atoms with Crippen molar-refractivity contribution in [1.82, 2.24) is 14.9 Å². The number of aromatic nitrogens is 2. The van der Waals surface area contributed by atoms with Crippen LogP contribution in [0.4, 0.5) is 17.1 Å². The van der Waals surface area contributed by atoms with Gasteiger partial charge in [-0.3, -0.25) is 19.8 Å². The normalized spacial score (nSPS) is 18.8. The number of benzene rings is 3. The van der Waals surface area contributed by atoms with Crippen LogP contribution in [0.2, 0.25) is 5.02 Å². The molecule has 3 aromatic carbocycles. The fraction of sp³-hybridized carbons (Fsp3) is 0.391. The van der Waals surface area contributed by atoms with E-state index in [9.17, 15) is 28.4 Å².